The van der Waals surface area contributed by atoms with Crippen molar-refractivity contribution in [3.05, 3.63) is 113 Å². The zero-order valence-electron chi connectivity index (χ0n) is 18.2. The lowest BCUT2D eigenvalue weighted by atomic mass is 9.96. The van der Waals surface area contributed by atoms with Crippen LogP contribution in [-0.2, 0) is 0 Å². The van der Waals surface area contributed by atoms with Gasteiger partial charge in [-0.15, -0.1) is 0 Å². The first-order chi connectivity index (χ1) is 16.2. The maximum Gasteiger partial charge on any atom is 0.257 e. The van der Waals surface area contributed by atoms with Crippen molar-refractivity contribution in [3.8, 4) is 11.3 Å². The highest BCUT2D eigenvalue weighted by atomic mass is 35.5. The number of nitrogens with zero attached hydrogens (tertiary/aromatic N) is 3. The van der Waals surface area contributed by atoms with Crippen LogP contribution in [0.4, 0.5) is 0 Å². The van der Waals surface area contributed by atoms with E-state index in [1.54, 1.807) is 6.20 Å². The summed E-state index contributed by atoms with van der Waals surface area (Å²) in [7, 11) is 0. The summed E-state index contributed by atoms with van der Waals surface area (Å²) in [6, 6.07) is 28.8. The topological polar surface area (TPSA) is 52.2 Å². The summed E-state index contributed by atoms with van der Waals surface area (Å²) in [4.78, 5) is 17.7. The van der Waals surface area contributed by atoms with E-state index in [2.05, 4.69) is 63.6 Å². The Labute approximate surface area is 198 Å². The smallest absolute Gasteiger partial charge is 0.257 e. The molecule has 0 saturated carbocycles. The number of nitrogens with one attached hydrogen (secondary N) is 1. The molecule has 5 nitrogen and oxygen atoms in total. The molecule has 33 heavy (non-hydrogen) atoms. The van der Waals surface area contributed by atoms with Crippen molar-refractivity contribution >= 4 is 17.5 Å². The molecule has 2 heterocycles. The second-order valence-electron chi connectivity index (χ2n) is 8.22. The number of carbonyl (C=O) groups excluding carboxylic acids is 1. The van der Waals surface area contributed by atoms with Gasteiger partial charge in [0.05, 0.1) is 23.5 Å². The number of hydrogen-bond donors (Lipinski definition) is 1. The summed E-state index contributed by atoms with van der Waals surface area (Å²) in [5.41, 5.74) is 4.75. The summed E-state index contributed by atoms with van der Waals surface area (Å²) >= 11 is 6.02. The van der Waals surface area contributed by atoms with Gasteiger partial charge in [-0.2, -0.15) is 5.10 Å². The maximum absolute atomic E-state index is 13.4. The molecule has 0 atom stereocenters. The zero-order valence-corrected chi connectivity index (χ0v) is 18.9. The van der Waals surface area contributed by atoms with Crippen molar-refractivity contribution in [1.82, 2.24) is 20.0 Å². The number of H-pyrrole nitrogens is 1. The number of carbonyl (C=O) groups is 1. The molecule has 5 rings (SSSR count). The Morgan fingerprint density at radius 3 is 1.97 bits per heavy atom. The predicted octanol–water partition coefficient (Wildman–Crippen LogP) is 5.28. The standard InChI is InChI=1S/C27H25ClN4O/c28-23-13-11-20(12-14-23)25-24(19-29-30-25)27(33)32-17-15-31(16-18-32)26(21-7-3-1-4-8-21)22-9-5-2-6-10-22/h1-14,19,26H,15-18H2,(H,29,30). The molecule has 1 aliphatic heterocycles. The second kappa shape index (κ2) is 9.61. The van der Waals surface area contributed by atoms with Crippen molar-refractivity contribution in [2.75, 3.05) is 26.2 Å². The van der Waals surface area contributed by atoms with E-state index in [1.807, 2.05) is 41.3 Å². The molecule has 1 aromatic heterocycles. The number of aromatic nitrogens is 2. The minimum absolute atomic E-state index is 0.00400. The molecular weight excluding hydrogens is 432 g/mol. The molecule has 0 aliphatic carbocycles. The fourth-order valence-corrected chi connectivity index (χ4v) is 4.65. The summed E-state index contributed by atoms with van der Waals surface area (Å²) in [6.07, 6.45) is 1.62. The molecule has 1 amide bonds. The molecule has 0 bridgehead atoms. The van der Waals surface area contributed by atoms with Crippen molar-refractivity contribution in [2.45, 2.75) is 6.04 Å². The minimum atomic E-state index is 0.00400. The lowest BCUT2D eigenvalue weighted by molar-refractivity contribution is 0.0598. The van der Waals surface area contributed by atoms with Crippen LogP contribution in [0, 0.1) is 0 Å². The van der Waals surface area contributed by atoms with E-state index in [-0.39, 0.29) is 11.9 Å². The number of hydrogen-bond acceptors (Lipinski definition) is 3. The Balaban J connectivity index is 1.33. The first kappa shape index (κ1) is 21.4. The van der Waals surface area contributed by atoms with Crippen LogP contribution >= 0.6 is 11.6 Å². The van der Waals surface area contributed by atoms with E-state index in [4.69, 9.17) is 11.6 Å². The first-order valence-corrected chi connectivity index (χ1v) is 11.5. The van der Waals surface area contributed by atoms with E-state index in [9.17, 15) is 4.79 Å². The highest BCUT2D eigenvalue weighted by molar-refractivity contribution is 6.30. The van der Waals surface area contributed by atoms with Crippen LogP contribution in [0.25, 0.3) is 11.3 Å². The molecule has 166 valence electrons. The second-order valence-corrected chi connectivity index (χ2v) is 8.65. The quantitative estimate of drug-likeness (QED) is 0.444. The summed E-state index contributed by atoms with van der Waals surface area (Å²) in [6.45, 7) is 2.93. The van der Waals surface area contributed by atoms with Gasteiger partial charge in [0.15, 0.2) is 0 Å². The van der Waals surface area contributed by atoms with Gasteiger partial charge in [-0.05, 0) is 23.3 Å². The molecule has 3 aromatic carbocycles. The van der Waals surface area contributed by atoms with Crippen molar-refractivity contribution in [1.29, 1.82) is 0 Å². The maximum atomic E-state index is 13.4. The van der Waals surface area contributed by atoms with Crippen molar-refractivity contribution in [3.63, 3.8) is 0 Å². The molecule has 1 aliphatic rings. The monoisotopic (exact) mass is 456 g/mol. The van der Waals surface area contributed by atoms with Crippen LogP contribution < -0.4 is 0 Å². The number of benzene rings is 3. The highest BCUT2D eigenvalue weighted by Crippen LogP contribution is 2.30. The minimum Gasteiger partial charge on any atom is -0.336 e. The first-order valence-electron chi connectivity index (χ1n) is 11.1. The van der Waals surface area contributed by atoms with Gasteiger partial charge in [0.25, 0.3) is 5.91 Å². The molecule has 0 spiro atoms. The van der Waals surface area contributed by atoms with Gasteiger partial charge in [0.1, 0.15) is 0 Å². The number of piperazine rings is 1. The lowest BCUT2D eigenvalue weighted by Crippen LogP contribution is -2.49. The third-order valence-electron chi connectivity index (χ3n) is 6.20. The summed E-state index contributed by atoms with van der Waals surface area (Å²) < 4.78 is 0. The van der Waals surface area contributed by atoms with Crippen LogP contribution in [0.15, 0.2) is 91.1 Å². The third kappa shape index (κ3) is 4.56. The largest absolute Gasteiger partial charge is 0.336 e. The zero-order chi connectivity index (χ0) is 22.6. The van der Waals surface area contributed by atoms with Crippen molar-refractivity contribution in [2.24, 2.45) is 0 Å². The Hall–Kier alpha value is -3.41. The Morgan fingerprint density at radius 1 is 0.818 bits per heavy atom. The normalized spacial score (nSPS) is 14.5. The fraction of sp³-hybridized carbons (Fsp3) is 0.185. The summed E-state index contributed by atoms with van der Waals surface area (Å²) in [5.74, 6) is 0.00400. The predicted molar refractivity (Wildman–Crippen MR) is 131 cm³/mol. The lowest BCUT2D eigenvalue weighted by Gasteiger charge is -2.39. The van der Waals surface area contributed by atoms with Gasteiger partial charge < -0.3 is 4.90 Å². The van der Waals surface area contributed by atoms with Gasteiger partial charge in [0, 0.05) is 36.8 Å². The molecular formula is C27H25ClN4O. The van der Waals surface area contributed by atoms with E-state index < -0.39 is 0 Å². The summed E-state index contributed by atoms with van der Waals surface area (Å²) in [5, 5.41) is 7.78. The Morgan fingerprint density at radius 2 is 1.39 bits per heavy atom. The van der Waals surface area contributed by atoms with Crippen LogP contribution in [0.2, 0.25) is 5.02 Å². The van der Waals surface area contributed by atoms with Crippen LogP contribution in [0.3, 0.4) is 0 Å². The number of halogens is 1. The fourth-order valence-electron chi connectivity index (χ4n) is 4.52. The number of rotatable bonds is 5. The average Bonchev–Trinajstić information content (AvgIpc) is 3.36. The van der Waals surface area contributed by atoms with E-state index in [1.165, 1.54) is 11.1 Å². The molecule has 0 unspecified atom stereocenters. The van der Waals surface area contributed by atoms with Gasteiger partial charge in [-0.3, -0.25) is 14.8 Å². The Bertz CT molecular complexity index is 1160. The molecule has 4 aromatic rings. The highest BCUT2D eigenvalue weighted by Gasteiger charge is 2.29. The molecule has 1 N–H and O–H groups in total. The average molecular weight is 457 g/mol. The number of aromatic amines is 1. The van der Waals surface area contributed by atoms with E-state index in [0.717, 1.165) is 24.3 Å². The number of amides is 1. The van der Waals surface area contributed by atoms with Gasteiger partial charge >= 0.3 is 0 Å². The van der Waals surface area contributed by atoms with Crippen LogP contribution in [0.5, 0.6) is 0 Å². The molecule has 0 radical (unpaired) electrons. The Kier molecular flexibility index (Phi) is 6.24. The van der Waals surface area contributed by atoms with Gasteiger partial charge in [-0.25, -0.2) is 0 Å². The molecule has 6 heteroatoms. The van der Waals surface area contributed by atoms with Crippen LogP contribution in [0.1, 0.15) is 27.5 Å². The molecule has 1 fully saturated rings. The third-order valence-corrected chi connectivity index (χ3v) is 6.45. The molecule has 1 saturated heterocycles. The van der Waals surface area contributed by atoms with Gasteiger partial charge in [0.2, 0.25) is 0 Å². The van der Waals surface area contributed by atoms with E-state index in [0.29, 0.717) is 23.7 Å². The van der Waals surface area contributed by atoms with Crippen molar-refractivity contribution < 1.29 is 4.79 Å². The van der Waals surface area contributed by atoms with E-state index >= 15 is 0 Å². The van der Waals surface area contributed by atoms with Crippen LogP contribution in [-0.4, -0.2) is 52.1 Å². The van der Waals surface area contributed by atoms with Gasteiger partial charge in [-0.1, -0.05) is 84.4 Å². The SMILES string of the molecule is O=C(c1cn[nH]c1-c1ccc(Cl)cc1)N1CCN(C(c2ccccc2)c2ccccc2)CC1.